The van der Waals surface area contributed by atoms with E-state index in [1.54, 1.807) is 6.07 Å². The molecule has 6 N–H and O–H groups in total. The Morgan fingerprint density at radius 2 is 1.65 bits per heavy atom. The van der Waals surface area contributed by atoms with E-state index in [-0.39, 0.29) is 34.6 Å². The van der Waals surface area contributed by atoms with Gasteiger partial charge in [0.1, 0.15) is 0 Å². The fraction of sp³-hybridized carbons (Fsp3) is 0. The zero-order valence-corrected chi connectivity index (χ0v) is 10.1. The summed E-state index contributed by atoms with van der Waals surface area (Å²) in [4.78, 5) is 17.6. The number of rotatable bonds is 3. The summed E-state index contributed by atoms with van der Waals surface area (Å²) in [5.41, 5.74) is 16.4. The molecular formula is C10H10N8O2. The number of aromatic nitrogens is 2. The molecule has 2 rings (SSSR count). The van der Waals surface area contributed by atoms with Gasteiger partial charge in [0.15, 0.2) is 23.0 Å². The minimum atomic E-state index is -0.569. The zero-order valence-electron chi connectivity index (χ0n) is 10.1. The molecule has 0 spiro atoms. The molecule has 0 amide bonds. The Morgan fingerprint density at radius 3 is 2.25 bits per heavy atom. The van der Waals surface area contributed by atoms with E-state index in [2.05, 4.69) is 20.2 Å². The minimum absolute atomic E-state index is 0.0114. The van der Waals surface area contributed by atoms with E-state index < -0.39 is 4.92 Å². The Bertz CT molecular complexity index is 676. The normalized spacial score (nSPS) is 10.8. The molecule has 2 aromatic rings. The Kier molecular flexibility index (Phi) is 3.37. The third kappa shape index (κ3) is 2.58. The molecule has 10 nitrogen and oxygen atoms in total. The standard InChI is InChI=1S/C10H10N8O2/c11-8-7(9(12)15-10(13)14-8)17-16-5-3-1-2-4-6(5)18(19)20/h1-4H,(H6,11,12,13,14,15). The molecule has 0 radical (unpaired) electrons. The first kappa shape index (κ1) is 13.1. The van der Waals surface area contributed by atoms with Crippen molar-refractivity contribution in [1.29, 1.82) is 0 Å². The van der Waals surface area contributed by atoms with Gasteiger partial charge in [-0.2, -0.15) is 9.97 Å². The Hall–Kier alpha value is -3.30. The van der Waals surface area contributed by atoms with Crippen LogP contribution in [0, 0.1) is 10.1 Å². The van der Waals surface area contributed by atoms with E-state index in [1.165, 1.54) is 18.2 Å². The summed E-state index contributed by atoms with van der Waals surface area (Å²) in [5, 5.41) is 18.3. The molecule has 0 bridgehead atoms. The van der Waals surface area contributed by atoms with E-state index in [4.69, 9.17) is 17.2 Å². The fourth-order valence-corrected chi connectivity index (χ4v) is 1.42. The lowest BCUT2D eigenvalue weighted by Gasteiger charge is -2.02. The highest BCUT2D eigenvalue weighted by Gasteiger charge is 2.13. The summed E-state index contributed by atoms with van der Waals surface area (Å²) in [6.45, 7) is 0. The number of anilines is 3. The molecule has 0 atom stereocenters. The monoisotopic (exact) mass is 274 g/mol. The number of benzene rings is 1. The van der Waals surface area contributed by atoms with Gasteiger partial charge in [-0.25, -0.2) is 0 Å². The smallest absolute Gasteiger partial charge is 0.296 e. The maximum absolute atomic E-state index is 10.8. The number of para-hydroxylation sites is 1. The van der Waals surface area contributed by atoms with Crippen molar-refractivity contribution >= 4 is 34.6 Å². The molecule has 0 aliphatic carbocycles. The van der Waals surface area contributed by atoms with Crippen molar-refractivity contribution in [3.05, 3.63) is 34.4 Å². The van der Waals surface area contributed by atoms with E-state index in [1.807, 2.05) is 0 Å². The van der Waals surface area contributed by atoms with Crippen LogP contribution in [0.1, 0.15) is 0 Å². The van der Waals surface area contributed by atoms with Crippen molar-refractivity contribution < 1.29 is 4.92 Å². The lowest BCUT2D eigenvalue weighted by molar-refractivity contribution is -0.384. The molecule has 1 aromatic heterocycles. The molecule has 0 aliphatic rings. The van der Waals surface area contributed by atoms with Crippen molar-refractivity contribution in [1.82, 2.24) is 9.97 Å². The summed E-state index contributed by atoms with van der Waals surface area (Å²) in [6.07, 6.45) is 0. The molecule has 102 valence electrons. The maximum atomic E-state index is 10.8. The quantitative estimate of drug-likeness (QED) is 0.432. The van der Waals surface area contributed by atoms with Gasteiger partial charge in [0, 0.05) is 6.07 Å². The van der Waals surface area contributed by atoms with Gasteiger partial charge in [0.25, 0.3) is 5.69 Å². The molecule has 0 saturated heterocycles. The third-order valence-corrected chi connectivity index (χ3v) is 2.29. The molecule has 10 heteroatoms. The van der Waals surface area contributed by atoms with Crippen LogP contribution in [0.25, 0.3) is 0 Å². The van der Waals surface area contributed by atoms with E-state index in [0.717, 1.165) is 0 Å². The number of nitrogens with zero attached hydrogens (tertiary/aromatic N) is 5. The predicted octanol–water partition coefficient (Wildman–Crippen LogP) is 1.55. The van der Waals surface area contributed by atoms with Crippen LogP contribution in [0.5, 0.6) is 0 Å². The summed E-state index contributed by atoms with van der Waals surface area (Å²) in [5.74, 6) is -0.209. The van der Waals surface area contributed by atoms with Crippen LogP contribution in [0.4, 0.5) is 34.6 Å². The van der Waals surface area contributed by atoms with Crippen molar-refractivity contribution in [2.45, 2.75) is 0 Å². The number of nitro benzene ring substituents is 1. The molecule has 0 saturated carbocycles. The first-order valence-electron chi connectivity index (χ1n) is 5.32. The predicted molar refractivity (Wildman–Crippen MR) is 72.5 cm³/mol. The lowest BCUT2D eigenvalue weighted by Crippen LogP contribution is -2.03. The van der Waals surface area contributed by atoms with Gasteiger partial charge < -0.3 is 17.2 Å². The van der Waals surface area contributed by atoms with Crippen LogP contribution in [0.15, 0.2) is 34.5 Å². The van der Waals surface area contributed by atoms with Gasteiger partial charge in [0.2, 0.25) is 5.95 Å². The summed E-state index contributed by atoms with van der Waals surface area (Å²) in [6, 6.07) is 5.85. The zero-order chi connectivity index (χ0) is 14.7. The number of azo groups is 1. The van der Waals surface area contributed by atoms with Crippen molar-refractivity contribution in [3.8, 4) is 0 Å². The van der Waals surface area contributed by atoms with Crippen molar-refractivity contribution in [2.24, 2.45) is 10.2 Å². The number of nitrogen functional groups attached to an aromatic ring is 3. The molecule has 0 fully saturated rings. The summed E-state index contributed by atoms with van der Waals surface area (Å²) in [7, 11) is 0. The molecule has 1 heterocycles. The van der Waals surface area contributed by atoms with Crippen LogP contribution < -0.4 is 17.2 Å². The van der Waals surface area contributed by atoms with E-state index >= 15 is 0 Å². The lowest BCUT2D eigenvalue weighted by atomic mass is 10.3. The number of nitrogens with two attached hydrogens (primary N) is 3. The third-order valence-electron chi connectivity index (χ3n) is 2.29. The Morgan fingerprint density at radius 1 is 1.05 bits per heavy atom. The molecule has 20 heavy (non-hydrogen) atoms. The Balaban J connectivity index is 2.43. The largest absolute Gasteiger partial charge is 0.382 e. The first-order valence-corrected chi connectivity index (χ1v) is 5.32. The Labute approximate surface area is 112 Å². The molecule has 0 unspecified atom stereocenters. The summed E-state index contributed by atoms with van der Waals surface area (Å²) >= 11 is 0. The van der Waals surface area contributed by atoms with Gasteiger partial charge in [0.05, 0.1) is 4.92 Å². The second-order valence-corrected chi connectivity index (χ2v) is 3.65. The van der Waals surface area contributed by atoms with Crippen LogP contribution in [-0.2, 0) is 0 Å². The van der Waals surface area contributed by atoms with E-state index in [0.29, 0.717) is 0 Å². The van der Waals surface area contributed by atoms with Gasteiger partial charge in [-0.05, 0) is 6.07 Å². The average molecular weight is 274 g/mol. The highest BCUT2D eigenvalue weighted by atomic mass is 16.6. The SMILES string of the molecule is Nc1nc(N)c(N=Nc2ccccc2[N+](=O)[O-])c(N)n1. The highest BCUT2D eigenvalue weighted by molar-refractivity contribution is 5.71. The summed E-state index contributed by atoms with van der Waals surface area (Å²) < 4.78 is 0. The average Bonchev–Trinajstić information content (AvgIpc) is 2.37. The fourth-order valence-electron chi connectivity index (χ4n) is 1.42. The number of hydrogen-bond donors (Lipinski definition) is 3. The second-order valence-electron chi connectivity index (χ2n) is 3.65. The van der Waals surface area contributed by atoms with Crippen LogP contribution in [0.3, 0.4) is 0 Å². The number of hydrogen-bond acceptors (Lipinski definition) is 9. The van der Waals surface area contributed by atoms with Gasteiger partial charge in [-0.15, -0.1) is 10.2 Å². The van der Waals surface area contributed by atoms with Crippen LogP contribution >= 0.6 is 0 Å². The second kappa shape index (κ2) is 5.14. The van der Waals surface area contributed by atoms with Crippen molar-refractivity contribution in [3.63, 3.8) is 0 Å². The van der Waals surface area contributed by atoms with E-state index in [9.17, 15) is 10.1 Å². The topological polar surface area (TPSA) is 172 Å². The van der Waals surface area contributed by atoms with Crippen LogP contribution in [0.2, 0.25) is 0 Å². The molecule has 1 aromatic carbocycles. The highest BCUT2D eigenvalue weighted by Crippen LogP contribution is 2.32. The van der Waals surface area contributed by atoms with Gasteiger partial charge in [-0.1, -0.05) is 12.1 Å². The molecular weight excluding hydrogens is 264 g/mol. The first-order chi connectivity index (χ1) is 9.49. The molecule has 0 aliphatic heterocycles. The number of nitro groups is 1. The van der Waals surface area contributed by atoms with Crippen molar-refractivity contribution in [2.75, 3.05) is 17.2 Å². The maximum Gasteiger partial charge on any atom is 0.296 e. The van der Waals surface area contributed by atoms with Crippen LogP contribution in [-0.4, -0.2) is 14.9 Å². The van der Waals surface area contributed by atoms with Gasteiger partial charge >= 0.3 is 0 Å². The minimum Gasteiger partial charge on any atom is -0.382 e. The van der Waals surface area contributed by atoms with Gasteiger partial charge in [-0.3, -0.25) is 10.1 Å².